The predicted molar refractivity (Wildman–Crippen MR) is 63.5 cm³/mol. The van der Waals surface area contributed by atoms with E-state index in [0.29, 0.717) is 11.7 Å². The molecule has 1 aliphatic carbocycles. The predicted octanol–water partition coefficient (Wildman–Crippen LogP) is 1.72. The largest absolute Gasteiger partial charge is 0.325 e. The molecule has 0 spiro atoms. The quantitative estimate of drug-likeness (QED) is 0.804. The van der Waals surface area contributed by atoms with E-state index in [1.165, 1.54) is 19.3 Å². The third-order valence-corrected chi connectivity index (χ3v) is 4.97. The van der Waals surface area contributed by atoms with Crippen LogP contribution in [0.15, 0.2) is 0 Å². The highest BCUT2D eigenvalue weighted by atomic mass is 32.2. The zero-order valence-corrected chi connectivity index (χ0v) is 10.6. The van der Waals surface area contributed by atoms with Crippen molar-refractivity contribution in [3.8, 4) is 0 Å². The maximum atomic E-state index is 11.8. The van der Waals surface area contributed by atoms with Crippen LogP contribution in [0.5, 0.6) is 0 Å². The first-order chi connectivity index (χ1) is 6.79. The van der Waals surface area contributed by atoms with E-state index in [1.54, 1.807) is 13.8 Å². The fourth-order valence-electron chi connectivity index (χ4n) is 2.34. The molecule has 0 aromatic carbocycles. The molecule has 0 heterocycles. The zero-order valence-electron chi connectivity index (χ0n) is 9.83. The second-order valence-corrected chi connectivity index (χ2v) is 7.66. The van der Waals surface area contributed by atoms with Crippen LogP contribution in [-0.2, 0) is 9.84 Å². The highest BCUT2D eigenvalue weighted by Crippen LogP contribution is 2.25. The average Bonchev–Trinajstić information content (AvgIpc) is 1.99. The Morgan fingerprint density at radius 3 is 2.20 bits per heavy atom. The molecule has 90 valence electrons. The Bertz CT molecular complexity index is 284. The van der Waals surface area contributed by atoms with Crippen LogP contribution in [-0.4, -0.2) is 25.5 Å². The van der Waals surface area contributed by atoms with Crippen LogP contribution in [0.25, 0.3) is 0 Å². The van der Waals surface area contributed by atoms with Crippen molar-refractivity contribution in [3.63, 3.8) is 0 Å². The molecule has 0 unspecified atom stereocenters. The van der Waals surface area contributed by atoms with Gasteiger partial charge in [0.2, 0.25) is 0 Å². The van der Waals surface area contributed by atoms with Crippen molar-refractivity contribution >= 4 is 9.84 Å². The van der Waals surface area contributed by atoms with E-state index in [1.807, 2.05) is 0 Å². The number of sulfone groups is 1. The van der Waals surface area contributed by atoms with Crippen molar-refractivity contribution in [1.29, 1.82) is 0 Å². The third-order valence-electron chi connectivity index (χ3n) is 2.81. The molecule has 0 aromatic heterocycles. The van der Waals surface area contributed by atoms with Crippen LogP contribution in [0.4, 0.5) is 0 Å². The molecule has 0 amide bonds. The molecule has 15 heavy (non-hydrogen) atoms. The van der Waals surface area contributed by atoms with Crippen molar-refractivity contribution in [1.82, 2.24) is 0 Å². The van der Waals surface area contributed by atoms with Gasteiger partial charge in [0.15, 0.2) is 9.84 Å². The number of rotatable bonds is 4. The van der Waals surface area contributed by atoms with Gasteiger partial charge in [0, 0.05) is 5.54 Å². The second-order valence-electron chi connectivity index (χ2n) is 5.55. The van der Waals surface area contributed by atoms with Gasteiger partial charge in [-0.05, 0) is 32.6 Å². The van der Waals surface area contributed by atoms with Gasteiger partial charge in [0.25, 0.3) is 0 Å². The van der Waals surface area contributed by atoms with Gasteiger partial charge in [0.05, 0.1) is 11.5 Å². The molecule has 4 heteroatoms. The number of hydrogen-bond acceptors (Lipinski definition) is 3. The summed E-state index contributed by atoms with van der Waals surface area (Å²) in [6, 6.07) is 0. The van der Waals surface area contributed by atoms with Gasteiger partial charge >= 0.3 is 0 Å². The minimum absolute atomic E-state index is 0.108. The lowest BCUT2D eigenvalue weighted by Gasteiger charge is -2.24. The van der Waals surface area contributed by atoms with E-state index in [4.69, 9.17) is 5.73 Å². The molecule has 0 saturated heterocycles. The summed E-state index contributed by atoms with van der Waals surface area (Å²) >= 11 is 0. The molecule has 0 atom stereocenters. The molecular weight excluding hydrogens is 210 g/mol. The van der Waals surface area contributed by atoms with Gasteiger partial charge in [-0.3, -0.25) is 0 Å². The highest BCUT2D eigenvalue weighted by Gasteiger charge is 2.26. The summed E-state index contributed by atoms with van der Waals surface area (Å²) in [5.41, 5.74) is 5.14. The first kappa shape index (κ1) is 13.0. The third kappa shape index (κ3) is 5.52. The van der Waals surface area contributed by atoms with Crippen molar-refractivity contribution < 1.29 is 8.42 Å². The van der Waals surface area contributed by atoms with E-state index in [9.17, 15) is 8.42 Å². The fourth-order valence-corrected chi connectivity index (χ4v) is 4.64. The monoisotopic (exact) mass is 233 g/mol. The van der Waals surface area contributed by atoms with Crippen molar-refractivity contribution in [2.45, 2.75) is 51.5 Å². The van der Waals surface area contributed by atoms with Crippen LogP contribution in [0.3, 0.4) is 0 Å². The molecule has 1 rings (SSSR count). The molecule has 0 bridgehead atoms. The van der Waals surface area contributed by atoms with Crippen LogP contribution < -0.4 is 5.73 Å². The highest BCUT2D eigenvalue weighted by molar-refractivity contribution is 7.91. The summed E-state index contributed by atoms with van der Waals surface area (Å²) < 4.78 is 23.7. The molecule has 0 aromatic rings. The molecule has 2 N–H and O–H groups in total. The molecule has 1 saturated carbocycles. The van der Waals surface area contributed by atoms with E-state index >= 15 is 0 Å². The van der Waals surface area contributed by atoms with Gasteiger partial charge in [-0.2, -0.15) is 0 Å². The standard InChI is InChI=1S/C11H23NO2S/c1-11(2,12)9-15(13,14)8-10-6-4-3-5-7-10/h10H,3-9,12H2,1-2H3. The van der Waals surface area contributed by atoms with E-state index in [0.717, 1.165) is 12.8 Å². The Morgan fingerprint density at radius 1 is 1.20 bits per heavy atom. The molecule has 0 radical (unpaired) electrons. The van der Waals surface area contributed by atoms with E-state index in [2.05, 4.69) is 0 Å². The number of nitrogens with two attached hydrogens (primary N) is 1. The lowest BCUT2D eigenvalue weighted by molar-refractivity contribution is 0.384. The lowest BCUT2D eigenvalue weighted by atomic mass is 9.91. The Balaban J connectivity index is 2.48. The maximum absolute atomic E-state index is 11.8. The minimum atomic E-state index is -2.96. The lowest BCUT2D eigenvalue weighted by Crippen LogP contribution is -2.41. The fraction of sp³-hybridized carbons (Fsp3) is 1.00. The zero-order chi connectivity index (χ0) is 11.5. The number of hydrogen-bond donors (Lipinski definition) is 1. The average molecular weight is 233 g/mol. The first-order valence-corrected chi connectivity index (χ1v) is 7.60. The van der Waals surface area contributed by atoms with Crippen molar-refractivity contribution in [2.75, 3.05) is 11.5 Å². The van der Waals surface area contributed by atoms with Crippen LogP contribution in [0, 0.1) is 5.92 Å². The summed E-state index contributed by atoms with van der Waals surface area (Å²) in [5.74, 6) is 0.829. The SMILES string of the molecule is CC(C)(N)CS(=O)(=O)CC1CCCCC1. The maximum Gasteiger partial charge on any atom is 0.152 e. The summed E-state index contributed by atoms with van der Waals surface area (Å²) in [4.78, 5) is 0. The Kier molecular flexibility index (Phi) is 4.18. The molecular formula is C11H23NO2S. The molecule has 1 fully saturated rings. The van der Waals surface area contributed by atoms with E-state index < -0.39 is 15.4 Å². The molecule has 3 nitrogen and oxygen atoms in total. The molecule has 0 aliphatic heterocycles. The Labute approximate surface area is 93.3 Å². The van der Waals surface area contributed by atoms with Crippen LogP contribution in [0.1, 0.15) is 46.0 Å². The van der Waals surface area contributed by atoms with Gasteiger partial charge < -0.3 is 5.73 Å². The normalized spacial score (nSPS) is 20.5. The second kappa shape index (κ2) is 4.83. The summed E-state index contributed by atoms with van der Waals surface area (Å²) in [6.07, 6.45) is 5.78. The van der Waals surface area contributed by atoms with Crippen LogP contribution in [0.2, 0.25) is 0 Å². The smallest absolute Gasteiger partial charge is 0.152 e. The minimum Gasteiger partial charge on any atom is -0.325 e. The Hall–Kier alpha value is -0.0900. The van der Waals surface area contributed by atoms with Crippen molar-refractivity contribution in [3.05, 3.63) is 0 Å². The topological polar surface area (TPSA) is 60.2 Å². The molecule has 1 aliphatic rings. The van der Waals surface area contributed by atoms with Gasteiger partial charge in [0.1, 0.15) is 0 Å². The first-order valence-electron chi connectivity index (χ1n) is 5.78. The van der Waals surface area contributed by atoms with Crippen molar-refractivity contribution in [2.24, 2.45) is 11.7 Å². The Morgan fingerprint density at radius 2 is 1.73 bits per heavy atom. The summed E-state index contributed by atoms with van der Waals surface area (Å²) in [5, 5.41) is 0. The van der Waals surface area contributed by atoms with Gasteiger partial charge in [-0.15, -0.1) is 0 Å². The van der Waals surface area contributed by atoms with Crippen LogP contribution >= 0.6 is 0 Å². The van der Waals surface area contributed by atoms with E-state index in [-0.39, 0.29) is 5.75 Å². The summed E-state index contributed by atoms with van der Waals surface area (Å²) in [7, 11) is -2.96. The van der Waals surface area contributed by atoms with Gasteiger partial charge in [-0.1, -0.05) is 19.3 Å². The summed E-state index contributed by atoms with van der Waals surface area (Å²) in [6.45, 7) is 3.54. The van der Waals surface area contributed by atoms with Gasteiger partial charge in [-0.25, -0.2) is 8.42 Å².